The standard InChI is InChI=1S/C24H20F3N5O3S2/c1-13(17-11-36-21(20(17)33)14-3-5-15(6-4-14)24(25,26)27)30-31-23(35)19-8-7-18(37-19)22(34)28-9-16-10-32(2)12-29-16/h3-8,10-12,33H,9H2,1-2H3,(H,28,34)(H,31,35)/b30-13+. The number of hydrazone groups is 1. The Kier molecular flexibility index (Phi) is 7.45. The molecule has 3 N–H and O–H groups in total. The summed E-state index contributed by atoms with van der Waals surface area (Å²) in [6.07, 6.45) is -1.04. The Balaban J connectivity index is 1.39. The largest absolute Gasteiger partial charge is 0.506 e. The lowest BCUT2D eigenvalue weighted by Gasteiger charge is -2.07. The number of aryl methyl sites for hydroxylation is 1. The number of carbonyl (C=O) groups is 2. The van der Waals surface area contributed by atoms with E-state index in [4.69, 9.17) is 0 Å². The zero-order valence-corrected chi connectivity index (χ0v) is 21.1. The minimum absolute atomic E-state index is 0.150. The second-order valence-electron chi connectivity index (χ2n) is 7.92. The maximum atomic E-state index is 12.8. The number of thiophene rings is 2. The van der Waals surface area contributed by atoms with Crippen LogP contribution in [0.4, 0.5) is 13.2 Å². The molecule has 0 unspecified atom stereocenters. The summed E-state index contributed by atoms with van der Waals surface area (Å²) in [7, 11) is 1.82. The fourth-order valence-corrected chi connectivity index (χ4v) is 5.10. The minimum atomic E-state index is -4.45. The number of alkyl halides is 3. The molecule has 13 heteroatoms. The highest BCUT2D eigenvalue weighted by molar-refractivity contribution is 7.16. The summed E-state index contributed by atoms with van der Waals surface area (Å²) in [5, 5.41) is 19.0. The average molecular weight is 548 g/mol. The first-order chi connectivity index (χ1) is 17.5. The molecule has 0 bridgehead atoms. The molecule has 3 aromatic heterocycles. The Labute approximate surface area is 217 Å². The number of halogens is 3. The quantitative estimate of drug-likeness (QED) is 0.223. The van der Waals surface area contributed by atoms with Crippen LogP contribution in [0.15, 0.2) is 59.4 Å². The van der Waals surface area contributed by atoms with Gasteiger partial charge in [-0.15, -0.1) is 22.7 Å². The lowest BCUT2D eigenvalue weighted by Crippen LogP contribution is -2.22. The van der Waals surface area contributed by atoms with Gasteiger partial charge in [-0.2, -0.15) is 18.3 Å². The molecule has 0 saturated carbocycles. The fourth-order valence-electron chi connectivity index (χ4n) is 3.27. The lowest BCUT2D eigenvalue weighted by molar-refractivity contribution is -0.137. The summed E-state index contributed by atoms with van der Waals surface area (Å²) >= 11 is 2.14. The van der Waals surface area contributed by atoms with Crippen LogP contribution in [0, 0.1) is 0 Å². The zero-order valence-electron chi connectivity index (χ0n) is 19.5. The molecule has 192 valence electrons. The van der Waals surface area contributed by atoms with Crippen molar-refractivity contribution in [2.75, 3.05) is 0 Å². The molecule has 0 fully saturated rings. The second-order valence-corrected chi connectivity index (χ2v) is 9.88. The predicted molar refractivity (Wildman–Crippen MR) is 135 cm³/mol. The van der Waals surface area contributed by atoms with Crippen molar-refractivity contribution in [2.24, 2.45) is 12.1 Å². The third kappa shape index (κ3) is 6.06. The Morgan fingerprint density at radius 2 is 1.78 bits per heavy atom. The van der Waals surface area contributed by atoms with Crippen LogP contribution in [0.25, 0.3) is 10.4 Å². The maximum Gasteiger partial charge on any atom is 0.416 e. The van der Waals surface area contributed by atoms with Gasteiger partial charge < -0.3 is 15.0 Å². The molecule has 1 aromatic carbocycles. The number of rotatable bonds is 7. The fraction of sp³-hybridized carbons (Fsp3) is 0.167. The predicted octanol–water partition coefficient (Wildman–Crippen LogP) is 5.02. The summed E-state index contributed by atoms with van der Waals surface area (Å²) in [6, 6.07) is 7.50. The molecule has 4 rings (SSSR count). The van der Waals surface area contributed by atoms with Crippen molar-refractivity contribution < 1.29 is 27.9 Å². The molecule has 0 saturated heterocycles. The number of imidazole rings is 1. The number of hydrogen-bond donors (Lipinski definition) is 3. The highest BCUT2D eigenvalue weighted by Crippen LogP contribution is 2.40. The van der Waals surface area contributed by atoms with Gasteiger partial charge in [-0.1, -0.05) is 12.1 Å². The van der Waals surface area contributed by atoms with E-state index in [1.807, 2.05) is 7.05 Å². The van der Waals surface area contributed by atoms with Gasteiger partial charge in [0.05, 0.1) is 50.0 Å². The van der Waals surface area contributed by atoms with E-state index in [1.165, 1.54) is 24.3 Å². The van der Waals surface area contributed by atoms with Crippen LogP contribution in [-0.2, 0) is 19.8 Å². The van der Waals surface area contributed by atoms with Crippen LogP contribution in [0.5, 0.6) is 5.75 Å². The van der Waals surface area contributed by atoms with E-state index in [0.717, 1.165) is 34.8 Å². The second kappa shape index (κ2) is 10.6. The van der Waals surface area contributed by atoms with Crippen LogP contribution < -0.4 is 10.7 Å². The van der Waals surface area contributed by atoms with Gasteiger partial charge >= 0.3 is 6.18 Å². The number of amides is 2. The Morgan fingerprint density at radius 3 is 2.41 bits per heavy atom. The monoisotopic (exact) mass is 547 g/mol. The summed E-state index contributed by atoms with van der Waals surface area (Å²) in [5.74, 6) is -1.03. The van der Waals surface area contributed by atoms with E-state index in [0.29, 0.717) is 32.3 Å². The van der Waals surface area contributed by atoms with Crippen molar-refractivity contribution in [3.8, 4) is 16.2 Å². The molecule has 0 radical (unpaired) electrons. The molecule has 0 atom stereocenters. The van der Waals surface area contributed by atoms with Crippen LogP contribution in [0.3, 0.4) is 0 Å². The van der Waals surface area contributed by atoms with Gasteiger partial charge in [0.15, 0.2) is 0 Å². The number of nitrogens with one attached hydrogen (secondary N) is 2. The highest BCUT2D eigenvalue weighted by atomic mass is 32.1. The van der Waals surface area contributed by atoms with Gasteiger partial charge in [-0.05, 0) is 36.8 Å². The molecule has 2 amide bonds. The van der Waals surface area contributed by atoms with Crippen LogP contribution >= 0.6 is 22.7 Å². The normalized spacial score (nSPS) is 12.0. The van der Waals surface area contributed by atoms with Crippen LogP contribution in [0.1, 0.15) is 43.1 Å². The van der Waals surface area contributed by atoms with E-state index >= 15 is 0 Å². The van der Waals surface area contributed by atoms with Crippen molar-refractivity contribution in [2.45, 2.75) is 19.6 Å². The molecule has 3 heterocycles. The maximum absolute atomic E-state index is 12.8. The SMILES string of the molecule is C/C(=N\NC(=O)c1ccc(C(=O)NCc2cn(C)cn2)s1)c1csc(-c2ccc(C(F)(F)F)cc2)c1O. The van der Waals surface area contributed by atoms with Crippen LogP contribution in [0.2, 0.25) is 0 Å². The van der Waals surface area contributed by atoms with E-state index in [2.05, 4.69) is 20.8 Å². The highest BCUT2D eigenvalue weighted by Gasteiger charge is 2.30. The van der Waals surface area contributed by atoms with Gasteiger partial charge in [-0.25, -0.2) is 10.4 Å². The third-order valence-corrected chi connectivity index (χ3v) is 7.30. The van der Waals surface area contributed by atoms with Crippen molar-refractivity contribution in [3.63, 3.8) is 0 Å². The van der Waals surface area contributed by atoms with E-state index in [1.54, 1.807) is 29.4 Å². The van der Waals surface area contributed by atoms with Gasteiger partial charge in [0.2, 0.25) is 0 Å². The lowest BCUT2D eigenvalue weighted by atomic mass is 10.1. The summed E-state index contributed by atoms with van der Waals surface area (Å²) in [6.45, 7) is 1.82. The van der Waals surface area contributed by atoms with Crippen molar-refractivity contribution >= 4 is 40.2 Å². The van der Waals surface area contributed by atoms with Gasteiger partial charge in [0.1, 0.15) is 5.75 Å². The number of nitrogens with zero attached hydrogens (tertiary/aromatic N) is 3. The molecule has 4 aromatic rings. The average Bonchev–Trinajstić information content (AvgIpc) is 3.60. The molecular weight excluding hydrogens is 527 g/mol. The number of aromatic hydroxyl groups is 1. The first kappa shape index (κ1) is 26.1. The first-order valence-electron chi connectivity index (χ1n) is 10.7. The Hall–Kier alpha value is -3.97. The number of benzene rings is 1. The molecular formula is C24H20F3N5O3S2. The third-order valence-electron chi connectivity index (χ3n) is 5.20. The molecule has 8 nitrogen and oxygen atoms in total. The minimum Gasteiger partial charge on any atom is -0.506 e. The molecule has 0 aliphatic rings. The first-order valence-corrected chi connectivity index (χ1v) is 12.4. The molecule has 0 spiro atoms. The van der Waals surface area contributed by atoms with E-state index < -0.39 is 17.6 Å². The Morgan fingerprint density at radius 1 is 1.11 bits per heavy atom. The topological polar surface area (TPSA) is 109 Å². The van der Waals surface area contributed by atoms with Gasteiger partial charge in [0.25, 0.3) is 11.8 Å². The van der Waals surface area contributed by atoms with E-state index in [9.17, 15) is 27.9 Å². The van der Waals surface area contributed by atoms with E-state index in [-0.39, 0.29) is 23.1 Å². The molecule has 0 aliphatic carbocycles. The van der Waals surface area contributed by atoms with Crippen molar-refractivity contribution in [3.05, 3.63) is 80.9 Å². The molecule has 0 aliphatic heterocycles. The Bertz CT molecular complexity index is 1470. The number of hydrogen-bond acceptors (Lipinski definition) is 7. The smallest absolute Gasteiger partial charge is 0.416 e. The molecule has 37 heavy (non-hydrogen) atoms. The van der Waals surface area contributed by atoms with Crippen LogP contribution in [-0.4, -0.2) is 32.2 Å². The van der Waals surface area contributed by atoms with Gasteiger partial charge in [0, 0.05) is 18.6 Å². The summed E-state index contributed by atoms with van der Waals surface area (Å²) in [5.41, 5.74) is 3.37. The zero-order chi connectivity index (χ0) is 26.7. The van der Waals surface area contributed by atoms with Gasteiger partial charge in [-0.3, -0.25) is 9.59 Å². The number of aromatic nitrogens is 2. The van der Waals surface area contributed by atoms with Crippen molar-refractivity contribution in [1.29, 1.82) is 0 Å². The summed E-state index contributed by atoms with van der Waals surface area (Å²) in [4.78, 5) is 30.0. The van der Waals surface area contributed by atoms with Crippen molar-refractivity contribution in [1.82, 2.24) is 20.3 Å². The number of carbonyl (C=O) groups excluding carboxylic acids is 2. The summed E-state index contributed by atoms with van der Waals surface area (Å²) < 4.78 is 40.2.